The highest BCUT2D eigenvalue weighted by Gasteiger charge is 2.43. The Hall–Kier alpha value is -3.90. The molecule has 0 spiro atoms. The molecule has 4 rings (SSSR count). The van der Waals surface area contributed by atoms with Gasteiger partial charge in [-0.25, -0.2) is 0 Å². The average molecular weight is 442 g/mol. The van der Waals surface area contributed by atoms with E-state index in [1.54, 1.807) is 20.4 Å². The van der Waals surface area contributed by atoms with Crippen molar-refractivity contribution in [1.82, 2.24) is 5.32 Å². The van der Waals surface area contributed by atoms with Crippen molar-refractivity contribution in [3.05, 3.63) is 102 Å². The summed E-state index contributed by atoms with van der Waals surface area (Å²) in [5.74, 6) is 1.34. The highest BCUT2D eigenvalue weighted by atomic mass is 16.5. The van der Waals surface area contributed by atoms with Crippen molar-refractivity contribution < 1.29 is 14.3 Å². The van der Waals surface area contributed by atoms with Gasteiger partial charge < -0.3 is 14.8 Å². The lowest BCUT2D eigenvalue weighted by Crippen LogP contribution is -2.53. The van der Waals surface area contributed by atoms with Gasteiger partial charge in [0, 0.05) is 18.4 Å². The van der Waals surface area contributed by atoms with Gasteiger partial charge in [0.2, 0.25) is 5.91 Å². The highest BCUT2D eigenvalue weighted by molar-refractivity contribution is 5.97. The molecular formula is C27H27N3O3. The summed E-state index contributed by atoms with van der Waals surface area (Å²) in [6.07, 6.45) is 5.60. The minimum atomic E-state index is -0.857. The zero-order chi connectivity index (χ0) is 23.1. The smallest absolute Gasteiger partial charge is 0.244 e. The second kappa shape index (κ2) is 10.1. The fraction of sp³-hybridized carbons (Fsp3) is 0.185. The number of rotatable bonds is 9. The van der Waals surface area contributed by atoms with Crippen LogP contribution < -0.4 is 20.1 Å². The Morgan fingerprint density at radius 3 is 2.12 bits per heavy atom. The maximum absolute atomic E-state index is 13.6. The monoisotopic (exact) mass is 441 g/mol. The summed E-state index contributed by atoms with van der Waals surface area (Å²) in [5.41, 5.74) is 1.80. The molecular weight excluding hydrogens is 414 g/mol. The summed E-state index contributed by atoms with van der Waals surface area (Å²) in [4.78, 5) is 18.4. The third kappa shape index (κ3) is 4.96. The largest absolute Gasteiger partial charge is 0.497 e. The second-order valence-electron chi connectivity index (χ2n) is 7.71. The number of aliphatic imine (C=N–C) groups is 1. The van der Waals surface area contributed by atoms with Crippen LogP contribution in [0.4, 0.5) is 5.69 Å². The molecule has 3 aromatic carbocycles. The van der Waals surface area contributed by atoms with E-state index >= 15 is 0 Å². The molecule has 2 N–H and O–H groups in total. The van der Waals surface area contributed by atoms with Crippen LogP contribution in [-0.2, 0) is 16.9 Å². The first-order valence-corrected chi connectivity index (χ1v) is 10.7. The van der Waals surface area contributed by atoms with Crippen molar-refractivity contribution in [2.45, 2.75) is 18.1 Å². The Morgan fingerprint density at radius 2 is 1.55 bits per heavy atom. The molecule has 2 atom stereocenters. The van der Waals surface area contributed by atoms with Gasteiger partial charge in [0.05, 0.1) is 14.2 Å². The summed E-state index contributed by atoms with van der Waals surface area (Å²) in [6, 6.07) is 24.3. The van der Waals surface area contributed by atoms with E-state index in [4.69, 9.17) is 14.5 Å². The summed E-state index contributed by atoms with van der Waals surface area (Å²) < 4.78 is 10.5. The lowest BCUT2D eigenvalue weighted by molar-refractivity contribution is -0.119. The summed E-state index contributed by atoms with van der Waals surface area (Å²) in [7, 11) is 3.25. The molecule has 0 saturated carbocycles. The Kier molecular flexibility index (Phi) is 6.86. The maximum Gasteiger partial charge on any atom is 0.244 e. The number of methoxy groups -OCH3 is 2. The molecule has 168 valence electrons. The Bertz CT molecular complexity index is 1110. The molecule has 1 aliphatic heterocycles. The number of allylic oxidation sites excluding steroid dienone is 1. The van der Waals surface area contributed by atoms with E-state index in [2.05, 4.69) is 10.6 Å². The van der Waals surface area contributed by atoms with Crippen LogP contribution in [0.3, 0.4) is 0 Å². The number of ether oxygens (including phenoxy) is 2. The van der Waals surface area contributed by atoms with Gasteiger partial charge in [-0.05, 0) is 59.7 Å². The second-order valence-corrected chi connectivity index (χ2v) is 7.71. The predicted molar refractivity (Wildman–Crippen MR) is 131 cm³/mol. The number of hydrogen-bond donors (Lipinski definition) is 2. The molecule has 0 aromatic heterocycles. The van der Waals surface area contributed by atoms with Gasteiger partial charge in [-0.15, -0.1) is 0 Å². The van der Waals surface area contributed by atoms with Gasteiger partial charge in [0.15, 0.2) is 0 Å². The van der Waals surface area contributed by atoms with Crippen LogP contribution >= 0.6 is 0 Å². The van der Waals surface area contributed by atoms with Crippen molar-refractivity contribution in [2.24, 2.45) is 4.99 Å². The van der Waals surface area contributed by atoms with E-state index in [1.165, 1.54) is 0 Å². The molecule has 2 unspecified atom stereocenters. The summed E-state index contributed by atoms with van der Waals surface area (Å²) in [5, 5.41) is 6.49. The Balaban J connectivity index is 1.63. The first-order chi connectivity index (χ1) is 16.1. The van der Waals surface area contributed by atoms with E-state index in [9.17, 15) is 4.79 Å². The van der Waals surface area contributed by atoms with E-state index in [1.807, 2.05) is 91.0 Å². The van der Waals surface area contributed by atoms with Crippen LogP contribution in [0.1, 0.15) is 11.1 Å². The number of anilines is 1. The maximum atomic E-state index is 13.6. The number of hydrogen-bond acceptors (Lipinski definition) is 5. The van der Waals surface area contributed by atoms with Crippen LogP contribution in [0.15, 0.2) is 96.0 Å². The van der Waals surface area contributed by atoms with Gasteiger partial charge in [0.1, 0.15) is 23.1 Å². The van der Waals surface area contributed by atoms with E-state index in [0.717, 1.165) is 22.6 Å². The molecule has 33 heavy (non-hydrogen) atoms. The van der Waals surface area contributed by atoms with Crippen molar-refractivity contribution >= 4 is 17.8 Å². The Labute approximate surface area is 194 Å². The molecule has 1 amide bonds. The van der Waals surface area contributed by atoms with Gasteiger partial charge in [-0.3, -0.25) is 15.1 Å². The molecule has 1 heterocycles. The van der Waals surface area contributed by atoms with Crippen molar-refractivity contribution in [3.8, 4) is 11.5 Å². The zero-order valence-electron chi connectivity index (χ0n) is 18.7. The van der Waals surface area contributed by atoms with Gasteiger partial charge in [-0.2, -0.15) is 0 Å². The minimum absolute atomic E-state index is 0.179. The fourth-order valence-electron chi connectivity index (χ4n) is 3.91. The number of nitrogens with one attached hydrogen (secondary N) is 2. The van der Waals surface area contributed by atoms with Crippen LogP contribution in [-0.4, -0.2) is 32.4 Å². The highest BCUT2D eigenvalue weighted by Crippen LogP contribution is 2.35. The van der Waals surface area contributed by atoms with Gasteiger partial charge in [-0.1, -0.05) is 42.5 Å². The number of amides is 1. The molecule has 0 radical (unpaired) electrons. The lowest BCUT2D eigenvalue weighted by Gasteiger charge is -2.34. The lowest BCUT2D eigenvalue weighted by atomic mass is 9.83. The number of carbonyl (C=O) groups excluding carboxylic acids is 1. The molecule has 0 saturated heterocycles. The first kappa shape index (κ1) is 22.3. The van der Waals surface area contributed by atoms with E-state index in [0.29, 0.717) is 12.2 Å². The van der Waals surface area contributed by atoms with Crippen molar-refractivity contribution in [1.29, 1.82) is 0 Å². The standard InChI is InChI=1S/C27H27N3O3/c1-32-23-13-9-20(10-14-23)19-28-25(26(31)30-22-11-15-24(33-2)16-12-22)27(17-6-18-29-27)21-7-4-3-5-8-21/h3-18,25,28H,19H2,1-2H3,(H,30,31). The Morgan fingerprint density at radius 1 is 0.909 bits per heavy atom. The van der Waals surface area contributed by atoms with E-state index < -0.39 is 11.6 Å². The quantitative estimate of drug-likeness (QED) is 0.518. The molecule has 0 fully saturated rings. The third-order valence-electron chi connectivity index (χ3n) is 5.69. The van der Waals surface area contributed by atoms with Crippen LogP contribution in [0.5, 0.6) is 11.5 Å². The molecule has 0 aliphatic carbocycles. The molecule has 0 bridgehead atoms. The molecule has 6 heteroatoms. The SMILES string of the molecule is COc1ccc(CNC(C(=O)Nc2ccc(OC)cc2)C2(c3ccccc3)C=CC=N2)cc1. The number of nitrogens with zero attached hydrogens (tertiary/aromatic N) is 1. The summed E-state index contributed by atoms with van der Waals surface area (Å²) >= 11 is 0. The topological polar surface area (TPSA) is 72.0 Å². The van der Waals surface area contributed by atoms with Gasteiger partial charge >= 0.3 is 0 Å². The van der Waals surface area contributed by atoms with Crippen molar-refractivity contribution in [3.63, 3.8) is 0 Å². The zero-order valence-corrected chi connectivity index (χ0v) is 18.7. The fourth-order valence-corrected chi connectivity index (χ4v) is 3.91. The number of benzene rings is 3. The molecule has 1 aliphatic rings. The molecule has 6 nitrogen and oxygen atoms in total. The normalized spacial score (nSPS) is 17.5. The third-order valence-corrected chi connectivity index (χ3v) is 5.69. The number of carbonyl (C=O) groups is 1. The van der Waals surface area contributed by atoms with Crippen LogP contribution in [0, 0.1) is 0 Å². The van der Waals surface area contributed by atoms with Crippen LogP contribution in [0.2, 0.25) is 0 Å². The summed E-state index contributed by atoms with van der Waals surface area (Å²) in [6.45, 7) is 0.489. The van der Waals surface area contributed by atoms with Gasteiger partial charge in [0.25, 0.3) is 0 Å². The molecule has 3 aromatic rings. The predicted octanol–water partition coefficient (Wildman–Crippen LogP) is 4.34. The minimum Gasteiger partial charge on any atom is -0.497 e. The van der Waals surface area contributed by atoms with E-state index in [-0.39, 0.29) is 5.91 Å². The first-order valence-electron chi connectivity index (χ1n) is 10.7. The average Bonchev–Trinajstić information content (AvgIpc) is 3.36. The van der Waals surface area contributed by atoms with Crippen molar-refractivity contribution in [2.75, 3.05) is 19.5 Å². The van der Waals surface area contributed by atoms with Crippen LogP contribution in [0.25, 0.3) is 0 Å².